The first-order valence-electron chi connectivity index (χ1n) is 15.8. The average Bonchev–Trinajstić information content (AvgIpc) is 3.60. The molecule has 0 radical (unpaired) electrons. The van der Waals surface area contributed by atoms with Crippen molar-refractivity contribution in [1.29, 1.82) is 0 Å². The first kappa shape index (κ1) is 32.6. The molecular formula is C40H34N4O5. The molecule has 0 bridgehead atoms. The lowest BCUT2D eigenvalue weighted by Gasteiger charge is -2.21. The van der Waals surface area contributed by atoms with Gasteiger partial charge in [-0.15, -0.1) is 0 Å². The lowest BCUT2D eigenvalue weighted by Crippen LogP contribution is -2.35. The summed E-state index contributed by atoms with van der Waals surface area (Å²) < 4.78 is 5.54. The number of aryl methyl sites for hydroxylation is 2. The van der Waals surface area contributed by atoms with E-state index in [-0.39, 0.29) is 18.9 Å². The van der Waals surface area contributed by atoms with Gasteiger partial charge in [-0.05, 0) is 72.5 Å². The predicted octanol–water partition coefficient (Wildman–Crippen LogP) is 7.60. The van der Waals surface area contributed by atoms with Crippen LogP contribution in [0, 0.1) is 13.8 Å². The van der Waals surface area contributed by atoms with Gasteiger partial charge in [-0.3, -0.25) is 14.4 Å². The number of nitrogens with zero attached hydrogens (tertiary/aromatic N) is 3. The number of hydrogen-bond acceptors (Lipinski definition) is 6. The van der Waals surface area contributed by atoms with Gasteiger partial charge in [0.1, 0.15) is 6.54 Å². The Morgan fingerprint density at radius 2 is 1.20 bits per heavy atom. The highest BCUT2D eigenvalue weighted by Gasteiger charge is 2.20. The zero-order valence-electron chi connectivity index (χ0n) is 27.1. The van der Waals surface area contributed by atoms with Crippen molar-refractivity contribution in [2.24, 2.45) is 0 Å². The van der Waals surface area contributed by atoms with Crippen molar-refractivity contribution in [3.05, 3.63) is 149 Å². The van der Waals surface area contributed by atoms with E-state index in [0.717, 1.165) is 33.4 Å². The minimum Gasteiger partial charge on any atom is -0.480 e. The number of carbonyl (C=O) groups is 3. The summed E-state index contributed by atoms with van der Waals surface area (Å²) in [5, 5.41) is 16.5. The molecule has 0 atom stereocenters. The maximum atomic E-state index is 13.4. The molecule has 1 aromatic heterocycles. The highest BCUT2D eigenvalue weighted by atomic mass is 16.5. The number of benzene rings is 5. The predicted molar refractivity (Wildman–Crippen MR) is 188 cm³/mol. The number of rotatable bonds is 11. The second kappa shape index (κ2) is 14.6. The van der Waals surface area contributed by atoms with Gasteiger partial charge in [-0.1, -0.05) is 101 Å². The Labute approximate surface area is 283 Å². The molecule has 0 unspecified atom stereocenters. The van der Waals surface area contributed by atoms with Crippen LogP contribution in [-0.2, 0) is 22.6 Å². The highest BCUT2D eigenvalue weighted by Crippen LogP contribution is 2.26. The van der Waals surface area contributed by atoms with Crippen LogP contribution in [0.1, 0.15) is 32.6 Å². The van der Waals surface area contributed by atoms with E-state index in [1.807, 2.05) is 67.6 Å². The Kier molecular flexibility index (Phi) is 9.71. The van der Waals surface area contributed by atoms with E-state index in [0.29, 0.717) is 28.5 Å². The first-order valence-corrected chi connectivity index (χ1v) is 15.8. The van der Waals surface area contributed by atoms with Gasteiger partial charge in [0.15, 0.2) is 0 Å². The summed E-state index contributed by atoms with van der Waals surface area (Å²) in [6.45, 7) is 3.64. The Morgan fingerprint density at radius 3 is 1.82 bits per heavy atom. The molecule has 0 aliphatic rings. The zero-order chi connectivity index (χ0) is 34.3. The number of carbonyl (C=O) groups excluding carboxylic acids is 2. The molecule has 0 aliphatic heterocycles. The second-order valence-electron chi connectivity index (χ2n) is 11.9. The zero-order valence-corrected chi connectivity index (χ0v) is 27.1. The molecule has 2 amide bonds. The van der Waals surface area contributed by atoms with E-state index in [4.69, 9.17) is 4.52 Å². The van der Waals surface area contributed by atoms with Crippen LogP contribution in [0.5, 0.6) is 0 Å². The smallest absolute Gasteiger partial charge is 0.323 e. The molecule has 5 aromatic carbocycles. The summed E-state index contributed by atoms with van der Waals surface area (Å²) in [6.07, 6.45) is 0.225. The summed E-state index contributed by atoms with van der Waals surface area (Å²) in [7, 11) is 0. The average molecular weight is 651 g/mol. The van der Waals surface area contributed by atoms with E-state index in [2.05, 4.69) is 46.6 Å². The number of hydrogen-bond donors (Lipinski definition) is 2. The molecule has 0 fully saturated rings. The number of anilines is 1. The summed E-state index contributed by atoms with van der Waals surface area (Å²) in [6, 6.07) is 37.6. The third kappa shape index (κ3) is 8.33. The van der Waals surface area contributed by atoms with E-state index >= 15 is 0 Å². The van der Waals surface area contributed by atoms with E-state index in [1.165, 1.54) is 10.5 Å². The van der Waals surface area contributed by atoms with Crippen LogP contribution in [-0.4, -0.2) is 44.5 Å². The highest BCUT2D eigenvalue weighted by molar-refractivity contribution is 5.97. The van der Waals surface area contributed by atoms with Gasteiger partial charge in [0.05, 0.1) is 6.42 Å². The van der Waals surface area contributed by atoms with Crippen LogP contribution >= 0.6 is 0 Å². The Morgan fingerprint density at radius 1 is 0.673 bits per heavy atom. The normalized spacial score (nSPS) is 10.8. The van der Waals surface area contributed by atoms with Crippen molar-refractivity contribution >= 4 is 23.5 Å². The van der Waals surface area contributed by atoms with E-state index in [9.17, 15) is 19.5 Å². The van der Waals surface area contributed by atoms with Crippen LogP contribution in [0.25, 0.3) is 34.0 Å². The van der Waals surface area contributed by atoms with Gasteiger partial charge in [0.25, 0.3) is 11.8 Å². The molecule has 6 rings (SSSR count). The molecule has 9 nitrogen and oxygen atoms in total. The third-order valence-electron chi connectivity index (χ3n) is 8.04. The Hall–Kier alpha value is -6.35. The quantitative estimate of drug-likeness (QED) is 0.148. The summed E-state index contributed by atoms with van der Waals surface area (Å²) in [5.41, 5.74) is 8.52. The van der Waals surface area contributed by atoms with Gasteiger partial charge < -0.3 is 19.8 Å². The number of aromatic nitrogens is 2. The Balaban J connectivity index is 1.08. The molecule has 6 aromatic rings. The van der Waals surface area contributed by atoms with Crippen LogP contribution in [0.3, 0.4) is 0 Å². The largest absolute Gasteiger partial charge is 0.480 e. The van der Waals surface area contributed by atoms with Crippen LogP contribution in [0.2, 0.25) is 0 Å². The lowest BCUT2D eigenvalue weighted by molar-refractivity contribution is -0.137. The number of aliphatic carboxylic acids is 1. The molecule has 1 heterocycles. The van der Waals surface area contributed by atoms with Crippen molar-refractivity contribution in [2.75, 3.05) is 11.9 Å². The fourth-order valence-corrected chi connectivity index (χ4v) is 5.33. The molecule has 0 aliphatic carbocycles. The summed E-state index contributed by atoms with van der Waals surface area (Å²) in [5.74, 6) is -0.946. The summed E-state index contributed by atoms with van der Waals surface area (Å²) in [4.78, 5) is 43.4. The molecule has 0 saturated heterocycles. The fourth-order valence-electron chi connectivity index (χ4n) is 5.33. The topological polar surface area (TPSA) is 126 Å². The van der Waals surface area contributed by atoms with Crippen LogP contribution in [0.15, 0.2) is 126 Å². The standard InChI is InChI=1S/C40H34N4O5/c1-26-3-7-28(8-4-26)23-36(45)41-35-21-19-34(20-22-35)40(48)44(25-37(46)47)24-29-9-13-32(14-10-29)38-42-39(49-43-38)33-17-15-31(16-18-33)30-11-5-27(2)6-12-30/h3-22H,23-25H2,1-2H3,(H,41,45)(H,46,47). The van der Waals surface area contributed by atoms with Crippen molar-refractivity contribution in [3.8, 4) is 34.0 Å². The first-order chi connectivity index (χ1) is 23.7. The number of carboxylic acids is 1. The molecule has 49 heavy (non-hydrogen) atoms. The minimum atomic E-state index is -1.13. The van der Waals surface area contributed by atoms with Crippen molar-refractivity contribution in [1.82, 2.24) is 15.0 Å². The fraction of sp³-hybridized carbons (Fsp3) is 0.125. The molecule has 0 spiro atoms. The minimum absolute atomic E-state index is 0.0747. The maximum Gasteiger partial charge on any atom is 0.323 e. The maximum absolute atomic E-state index is 13.4. The van der Waals surface area contributed by atoms with Gasteiger partial charge >= 0.3 is 5.97 Å². The van der Waals surface area contributed by atoms with Crippen LogP contribution in [0.4, 0.5) is 5.69 Å². The van der Waals surface area contributed by atoms with Gasteiger partial charge in [-0.25, -0.2) is 0 Å². The number of carboxylic acid groups (broad SMARTS) is 1. The van der Waals surface area contributed by atoms with Crippen LogP contribution < -0.4 is 5.32 Å². The monoisotopic (exact) mass is 650 g/mol. The summed E-state index contributed by atoms with van der Waals surface area (Å²) >= 11 is 0. The van der Waals surface area contributed by atoms with E-state index in [1.54, 1.807) is 36.4 Å². The lowest BCUT2D eigenvalue weighted by atomic mass is 10.0. The van der Waals surface area contributed by atoms with Gasteiger partial charge in [0, 0.05) is 28.9 Å². The number of nitrogens with one attached hydrogen (secondary N) is 1. The van der Waals surface area contributed by atoms with Crippen molar-refractivity contribution in [2.45, 2.75) is 26.8 Å². The van der Waals surface area contributed by atoms with Crippen molar-refractivity contribution in [3.63, 3.8) is 0 Å². The molecule has 2 N–H and O–H groups in total. The molecule has 9 heteroatoms. The van der Waals surface area contributed by atoms with Crippen molar-refractivity contribution < 1.29 is 24.0 Å². The molecular weight excluding hydrogens is 616 g/mol. The van der Waals surface area contributed by atoms with E-state index < -0.39 is 18.4 Å². The molecule has 0 saturated carbocycles. The van der Waals surface area contributed by atoms with Gasteiger partial charge in [0.2, 0.25) is 11.7 Å². The third-order valence-corrected chi connectivity index (χ3v) is 8.04. The Bertz CT molecular complexity index is 2070. The van der Waals surface area contributed by atoms with Gasteiger partial charge in [-0.2, -0.15) is 4.98 Å². The number of amides is 2. The molecule has 244 valence electrons. The second-order valence-corrected chi connectivity index (χ2v) is 11.9. The SMILES string of the molecule is Cc1ccc(CC(=O)Nc2ccc(C(=O)N(CC(=O)O)Cc3ccc(-c4noc(-c5ccc(-c6ccc(C)cc6)cc5)n4)cc3)cc2)cc1.